The lowest BCUT2D eigenvalue weighted by molar-refractivity contribution is -0.774. The number of nitrogens with one attached hydrogen (secondary N) is 2. The zero-order valence-electron chi connectivity index (χ0n) is 14.9. The van der Waals surface area contributed by atoms with Crippen molar-refractivity contribution in [3.8, 4) is 0 Å². The van der Waals surface area contributed by atoms with Crippen LogP contribution < -0.4 is 15.3 Å². The van der Waals surface area contributed by atoms with Crippen LogP contribution in [-0.4, -0.2) is 11.3 Å². The summed E-state index contributed by atoms with van der Waals surface area (Å²) < 4.78 is 7.21. The quantitative estimate of drug-likeness (QED) is 0.821. The molecular formula is C20H25N4O2+. The minimum Gasteiger partial charge on any atom is -0.308 e. The van der Waals surface area contributed by atoms with E-state index in [-0.39, 0.29) is 6.03 Å². The van der Waals surface area contributed by atoms with Crippen LogP contribution in [0.5, 0.6) is 0 Å². The molecule has 4 fully saturated rings. The normalized spacial score (nSPS) is 31.8. The third-order valence-electron chi connectivity index (χ3n) is 6.44. The Hall–Kier alpha value is -2.37. The number of benzene rings is 1. The largest absolute Gasteiger partial charge is 0.326 e. The first-order chi connectivity index (χ1) is 12.7. The van der Waals surface area contributed by atoms with Crippen molar-refractivity contribution in [3.63, 3.8) is 0 Å². The number of anilines is 2. The molecule has 0 saturated heterocycles. The van der Waals surface area contributed by atoms with Crippen molar-refractivity contribution in [2.24, 2.45) is 23.2 Å². The SMILES string of the molecule is O=C(Nc1ccccc1)Nc1c[n+](CC23CC4CC(CC(C4)C2)C3)no1. The highest BCUT2D eigenvalue weighted by Gasteiger charge is 2.53. The summed E-state index contributed by atoms with van der Waals surface area (Å²) in [5.41, 5.74) is 1.13. The first-order valence-corrected chi connectivity index (χ1v) is 9.65. The lowest BCUT2D eigenvalue weighted by Gasteiger charge is -2.55. The Bertz CT molecular complexity index is 766. The predicted octanol–water partition coefficient (Wildman–Crippen LogP) is 3.82. The lowest BCUT2D eigenvalue weighted by Crippen LogP contribution is -2.53. The molecule has 4 aliphatic carbocycles. The number of nitrogens with zero attached hydrogens (tertiary/aromatic N) is 2. The van der Waals surface area contributed by atoms with Crippen molar-refractivity contribution in [2.75, 3.05) is 10.6 Å². The number of carbonyl (C=O) groups is 1. The molecule has 0 unspecified atom stereocenters. The van der Waals surface area contributed by atoms with Crippen molar-refractivity contribution in [3.05, 3.63) is 36.5 Å². The first kappa shape index (κ1) is 15.9. The average molecular weight is 353 g/mol. The van der Waals surface area contributed by atoms with E-state index in [9.17, 15) is 4.79 Å². The summed E-state index contributed by atoms with van der Waals surface area (Å²) in [5.74, 6) is 3.14. The van der Waals surface area contributed by atoms with E-state index in [1.165, 1.54) is 38.5 Å². The van der Waals surface area contributed by atoms with Crippen LogP contribution >= 0.6 is 0 Å². The van der Waals surface area contributed by atoms with Crippen molar-refractivity contribution < 1.29 is 14.0 Å². The molecule has 0 radical (unpaired) electrons. The van der Waals surface area contributed by atoms with Crippen molar-refractivity contribution >= 4 is 17.6 Å². The zero-order valence-corrected chi connectivity index (χ0v) is 14.9. The van der Waals surface area contributed by atoms with Crippen molar-refractivity contribution in [1.82, 2.24) is 5.27 Å². The van der Waals surface area contributed by atoms with Gasteiger partial charge >= 0.3 is 11.9 Å². The van der Waals surface area contributed by atoms with E-state index in [4.69, 9.17) is 4.52 Å². The van der Waals surface area contributed by atoms with Gasteiger partial charge in [-0.1, -0.05) is 18.2 Å². The summed E-state index contributed by atoms with van der Waals surface area (Å²) in [4.78, 5) is 12.1. The molecule has 0 atom stereocenters. The molecule has 4 aliphatic rings. The number of para-hydroxylation sites is 1. The maximum absolute atomic E-state index is 12.1. The van der Waals surface area contributed by atoms with Crippen LogP contribution in [0.15, 0.2) is 41.1 Å². The minimum absolute atomic E-state index is 0.325. The molecule has 1 aromatic carbocycles. The monoisotopic (exact) mass is 353 g/mol. The molecule has 2 aromatic rings. The molecule has 6 nitrogen and oxygen atoms in total. The van der Waals surface area contributed by atoms with Crippen LogP contribution in [0.3, 0.4) is 0 Å². The van der Waals surface area contributed by atoms with Gasteiger partial charge in [0.15, 0.2) is 6.54 Å². The number of amides is 2. The second-order valence-electron chi connectivity index (χ2n) is 8.63. The number of rotatable bonds is 4. The van der Waals surface area contributed by atoms with Gasteiger partial charge in [-0.25, -0.2) is 4.79 Å². The number of aromatic nitrogens is 2. The van der Waals surface area contributed by atoms with Gasteiger partial charge in [0.05, 0.1) is 0 Å². The molecule has 0 aliphatic heterocycles. The summed E-state index contributed by atoms with van der Waals surface area (Å²) >= 11 is 0. The van der Waals surface area contributed by atoms with Gasteiger partial charge in [-0.3, -0.25) is 9.84 Å². The van der Waals surface area contributed by atoms with Crippen molar-refractivity contribution in [2.45, 2.75) is 45.1 Å². The second-order valence-corrected chi connectivity index (χ2v) is 8.63. The van der Waals surface area contributed by atoms with Crippen molar-refractivity contribution in [1.29, 1.82) is 0 Å². The van der Waals surface area contributed by atoms with E-state index in [1.807, 2.05) is 41.2 Å². The standard InChI is InChI=1S/C20H24N4O2/c25-19(21-17-4-2-1-3-5-17)22-18-12-24(23-26-18)13-20-9-14-6-15(10-20)8-16(7-14)11-20/h1-5,12,14-16H,6-11,13H2,(H-,21,22,23,25)/p+1. The fourth-order valence-corrected chi connectivity index (χ4v) is 6.03. The van der Waals surface area contributed by atoms with Crippen LogP contribution in [0.4, 0.5) is 16.4 Å². The summed E-state index contributed by atoms with van der Waals surface area (Å²) in [6, 6.07) is 9.02. The maximum atomic E-state index is 12.1. The van der Waals surface area contributed by atoms with E-state index in [1.54, 1.807) is 0 Å². The molecule has 6 heteroatoms. The summed E-state index contributed by atoms with van der Waals surface area (Å²) in [5, 5.41) is 9.65. The highest BCUT2D eigenvalue weighted by atomic mass is 16.5. The minimum atomic E-state index is -0.325. The Balaban J connectivity index is 1.23. The molecule has 26 heavy (non-hydrogen) atoms. The van der Waals surface area contributed by atoms with E-state index >= 15 is 0 Å². The number of urea groups is 1. The van der Waals surface area contributed by atoms with E-state index < -0.39 is 0 Å². The Labute approximate surface area is 152 Å². The third-order valence-corrected chi connectivity index (χ3v) is 6.44. The molecule has 2 amide bonds. The number of carbonyl (C=O) groups excluding carboxylic acids is 1. The molecule has 1 aromatic heterocycles. The fourth-order valence-electron chi connectivity index (χ4n) is 6.03. The molecule has 6 rings (SSSR count). The van der Waals surface area contributed by atoms with Gasteiger partial charge in [0, 0.05) is 11.1 Å². The summed E-state index contributed by atoms with van der Waals surface area (Å²) in [6.45, 7) is 0.905. The number of hydrogen-bond acceptors (Lipinski definition) is 3. The Morgan fingerprint density at radius 3 is 2.38 bits per heavy atom. The van der Waals surface area contributed by atoms with Gasteiger partial charge in [-0.15, -0.1) is 0 Å². The van der Waals surface area contributed by atoms with Gasteiger partial charge in [-0.2, -0.15) is 0 Å². The predicted molar refractivity (Wildman–Crippen MR) is 96.4 cm³/mol. The van der Waals surface area contributed by atoms with E-state index in [0.29, 0.717) is 11.3 Å². The van der Waals surface area contributed by atoms with Crippen LogP contribution in [0.25, 0.3) is 0 Å². The molecular weight excluding hydrogens is 328 g/mol. The van der Waals surface area contributed by atoms with Gasteiger partial charge in [0.2, 0.25) is 5.27 Å². The number of hydrogen-bond donors (Lipinski definition) is 2. The molecule has 2 N–H and O–H groups in total. The van der Waals surface area contributed by atoms with E-state index in [2.05, 4.69) is 15.9 Å². The average Bonchev–Trinajstić information content (AvgIpc) is 3.00. The highest BCUT2D eigenvalue weighted by Crippen LogP contribution is 2.60. The van der Waals surface area contributed by atoms with Gasteiger partial charge in [-0.05, 0) is 73.1 Å². The van der Waals surface area contributed by atoms with Gasteiger partial charge in [0.25, 0.3) is 6.20 Å². The molecule has 4 bridgehead atoms. The smallest absolute Gasteiger partial charge is 0.308 e. The van der Waals surface area contributed by atoms with Gasteiger partial charge in [0.1, 0.15) is 0 Å². The summed E-state index contributed by atoms with van der Waals surface area (Å²) in [7, 11) is 0. The molecule has 4 saturated carbocycles. The lowest BCUT2D eigenvalue weighted by atomic mass is 9.49. The maximum Gasteiger partial charge on any atom is 0.326 e. The molecule has 1 heterocycles. The second kappa shape index (κ2) is 6.11. The Morgan fingerprint density at radius 2 is 1.73 bits per heavy atom. The highest BCUT2D eigenvalue weighted by molar-refractivity contribution is 5.98. The third kappa shape index (κ3) is 3.08. The van der Waals surface area contributed by atoms with Crippen LogP contribution in [0, 0.1) is 23.2 Å². The van der Waals surface area contributed by atoms with Crippen LogP contribution in [0.1, 0.15) is 38.5 Å². The summed E-state index contributed by atoms with van der Waals surface area (Å²) in [6.07, 6.45) is 10.1. The van der Waals surface area contributed by atoms with Crippen LogP contribution in [-0.2, 0) is 6.54 Å². The molecule has 0 spiro atoms. The fraction of sp³-hybridized carbons (Fsp3) is 0.550. The Morgan fingerprint density at radius 1 is 1.08 bits per heavy atom. The topological polar surface area (TPSA) is 71.0 Å². The van der Waals surface area contributed by atoms with Crippen LogP contribution in [0.2, 0.25) is 0 Å². The van der Waals surface area contributed by atoms with E-state index in [0.717, 1.165) is 30.0 Å². The zero-order chi connectivity index (χ0) is 17.6. The molecule has 136 valence electrons. The Kier molecular flexibility index (Phi) is 3.72. The van der Waals surface area contributed by atoms with Gasteiger partial charge < -0.3 is 5.32 Å². The first-order valence-electron chi connectivity index (χ1n) is 9.65.